The molecule has 2 aliphatic heterocycles. The number of piperidine rings is 1. The Morgan fingerprint density at radius 1 is 1.35 bits per heavy atom. The van der Waals surface area contributed by atoms with Crippen molar-refractivity contribution in [2.24, 2.45) is 11.3 Å². The van der Waals surface area contributed by atoms with Crippen molar-refractivity contribution >= 4 is 5.82 Å². The second kappa shape index (κ2) is 5.91. The van der Waals surface area contributed by atoms with Crippen LogP contribution in [0.15, 0.2) is 0 Å². The maximum absolute atomic E-state index is 9.44. The largest absolute Gasteiger partial charge is 0.463 e. The van der Waals surface area contributed by atoms with Gasteiger partial charge in [0.05, 0.1) is 18.9 Å². The van der Waals surface area contributed by atoms with Crippen molar-refractivity contribution in [2.45, 2.75) is 45.7 Å². The van der Waals surface area contributed by atoms with Crippen molar-refractivity contribution in [3.05, 3.63) is 11.3 Å². The Balaban J connectivity index is 1.57. The topological polar surface area (TPSA) is 70.5 Å². The Bertz CT molecular complexity index is 588. The van der Waals surface area contributed by atoms with Crippen LogP contribution in [0.5, 0.6) is 6.01 Å². The van der Waals surface area contributed by atoms with E-state index in [2.05, 4.69) is 22.1 Å². The van der Waals surface area contributed by atoms with Crippen molar-refractivity contribution in [2.75, 3.05) is 31.2 Å². The molecule has 0 amide bonds. The molecule has 0 spiro atoms. The highest BCUT2D eigenvalue weighted by molar-refractivity contribution is 5.52. The van der Waals surface area contributed by atoms with Crippen LogP contribution in [-0.2, 0) is 13.1 Å². The fourth-order valence-electron chi connectivity index (χ4n) is 3.58. The Labute approximate surface area is 137 Å². The van der Waals surface area contributed by atoms with Crippen LogP contribution in [0.1, 0.15) is 43.9 Å². The number of nitrogens with one attached hydrogen (secondary N) is 1. The zero-order valence-corrected chi connectivity index (χ0v) is 13.8. The zero-order valence-electron chi connectivity index (χ0n) is 13.8. The number of aliphatic hydroxyl groups is 1. The highest BCUT2D eigenvalue weighted by atomic mass is 16.5. The maximum Gasteiger partial charge on any atom is 0.318 e. The fourth-order valence-corrected chi connectivity index (χ4v) is 3.58. The van der Waals surface area contributed by atoms with E-state index < -0.39 is 0 Å². The number of aliphatic hydroxyl groups excluding tert-OH is 1. The van der Waals surface area contributed by atoms with Gasteiger partial charge in [0.2, 0.25) is 0 Å². The second-order valence-electron chi connectivity index (χ2n) is 7.50. The molecule has 1 atom stereocenters. The third-order valence-electron chi connectivity index (χ3n) is 5.40. The quantitative estimate of drug-likeness (QED) is 0.857. The summed E-state index contributed by atoms with van der Waals surface area (Å²) in [5.41, 5.74) is 2.26. The fraction of sp³-hybridized carbons (Fsp3) is 0.765. The highest BCUT2D eigenvalue weighted by Gasteiger charge is 2.43. The van der Waals surface area contributed by atoms with Crippen LogP contribution in [-0.4, -0.2) is 41.4 Å². The number of rotatable bonds is 5. The highest BCUT2D eigenvalue weighted by Crippen LogP contribution is 2.45. The number of nitrogens with zero attached hydrogens (tertiary/aromatic N) is 3. The van der Waals surface area contributed by atoms with Gasteiger partial charge in [-0.05, 0) is 31.6 Å². The molecule has 1 aliphatic carbocycles. The molecular formula is C17H26N4O2. The Morgan fingerprint density at radius 2 is 2.22 bits per heavy atom. The Morgan fingerprint density at radius 3 is 2.96 bits per heavy atom. The van der Waals surface area contributed by atoms with Crippen molar-refractivity contribution in [1.29, 1.82) is 0 Å². The van der Waals surface area contributed by atoms with Crippen LogP contribution in [0.3, 0.4) is 0 Å². The van der Waals surface area contributed by atoms with E-state index in [1.165, 1.54) is 18.4 Å². The predicted molar refractivity (Wildman–Crippen MR) is 87.4 cm³/mol. The molecule has 1 unspecified atom stereocenters. The number of anilines is 1. The summed E-state index contributed by atoms with van der Waals surface area (Å²) in [6, 6.07) is 0.473. The average Bonchev–Trinajstić information content (AvgIpc) is 3.20. The molecule has 4 rings (SSSR count). The molecule has 3 aliphatic rings. The molecule has 1 saturated carbocycles. The van der Waals surface area contributed by atoms with Gasteiger partial charge in [0.25, 0.3) is 0 Å². The van der Waals surface area contributed by atoms with Gasteiger partial charge in [-0.2, -0.15) is 9.97 Å². The third kappa shape index (κ3) is 3.02. The number of ether oxygens (including phenoxy) is 1. The zero-order chi connectivity index (χ0) is 15.9. The molecular weight excluding hydrogens is 292 g/mol. The summed E-state index contributed by atoms with van der Waals surface area (Å²) in [7, 11) is 0. The molecule has 1 saturated heterocycles. The number of aromatic nitrogens is 2. The van der Waals surface area contributed by atoms with E-state index in [0.29, 0.717) is 18.5 Å². The lowest BCUT2D eigenvalue weighted by Crippen LogP contribution is -2.35. The summed E-state index contributed by atoms with van der Waals surface area (Å²) in [5, 5.41) is 12.8. The van der Waals surface area contributed by atoms with Crippen LogP contribution in [0.2, 0.25) is 0 Å². The van der Waals surface area contributed by atoms with Crippen LogP contribution in [0.4, 0.5) is 5.82 Å². The van der Waals surface area contributed by atoms with Crippen LogP contribution < -0.4 is 15.0 Å². The van der Waals surface area contributed by atoms with E-state index in [4.69, 9.17) is 9.72 Å². The van der Waals surface area contributed by atoms with Crippen LogP contribution >= 0.6 is 0 Å². The van der Waals surface area contributed by atoms with E-state index in [-0.39, 0.29) is 12.0 Å². The van der Waals surface area contributed by atoms with E-state index >= 15 is 0 Å². The van der Waals surface area contributed by atoms with Crippen molar-refractivity contribution in [3.8, 4) is 6.01 Å². The lowest BCUT2D eigenvalue weighted by molar-refractivity contribution is 0.140. The van der Waals surface area contributed by atoms with Gasteiger partial charge in [0.15, 0.2) is 0 Å². The van der Waals surface area contributed by atoms with E-state index in [0.717, 1.165) is 50.5 Å². The summed E-state index contributed by atoms with van der Waals surface area (Å²) in [4.78, 5) is 11.7. The molecule has 1 aromatic heterocycles. The molecule has 0 aromatic carbocycles. The first kappa shape index (κ1) is 15.1. The van der Waals surface area contributed by atoms with Gasteiger partial charge < -0.3 is 20.1 Å². The van der Waals surface area contributed by atoms with Gasteiger partial charge >= 0.3 is 6.01 Å². The molecule has 126 valence electrons. The second-order valence-corrected chi connectivity index (χ2v) is 7.50. The lowest BCUT2D eigenvalue weighted by atomic mass is 10.00. The normalized spacial score (nSPS) is 25.3. The number of hydrogen-bond acceptors (Lipinski definition) is 6. The number of fused-ring (bicyclic) bond motifs is 1. The standard InChI is InChI=1S/C17H26N4O2/c1-12-3-2-6-21(9-12)15-13-7-18-8-14(13)19-16(20-15)23-11-17(10-22)4-5-17/h12,18,22H,2-11H2,1H3. The molecule has 3 heterocycles. The predicted octanol–water partition coefficient (Wildman–Crippen LogP) is 1.47. The first-order valence-electron chi connectivity index (χ1n) is 8.78. The lowest BCUT2D eigenvalue weighted by Gasteiger charge is -2.33. The SMILES string of the molecule is CC1CCCN(c2nc(OCC3(CO)CC3)nc3c2CNC3)C1. The van der Waals surface area contributed by atoms with Gasteiger partial charge in [0.1, 0.15) is 5.82 Å². The van der Waals surface area contributed by atoms with Gasteiger partial charge in [-0.15, -0.1) is 0 Å². The minimum absolute atomic E-state index is 0.0412. The molecule has 2 fully saturated rings. The van der Waals surface area contributed by atoms with Crippen molar-refractivity contribution in [1.82, 2.24) is 15.3 Å². The number of hydrogen-bond donors (Lipinski definition) is 2. The monoisotopic (exact) mass is 318 g/mol. The van der Waals surface area contributed by atoms with E-state index in [9.17, 15) is 5.11 Å². The summed E-state index contributed by atoms with van der Waals surface area (Å²) in [6.45, 7) is 6.77. The average molecular weight is 318 g/mol. The summed E-state index contributed by atoms with van der Waals surface area (Å²) < 4.78 is 5.87. The van der Waals surface area contributed by atoms with E-state index in [1.54, 1.807) is 0 Å². The van der Waals surface area contributed by atoms with E-state index in [1.807, 2.05) is 0 Å². The molecule has 0 bridgehead atoms. The minimum atomic E-state index is -0.0412. The molecule has 0 radical (unpaired) electrons. The Kier molecular flexibility index (Phi) is 3.89. The van der Waals surface area contributed by atoms with Gasteiger partial charge in [-0.25, -0.2) is 0 Å². The van der Waals surface area contributed by atoms with Crippen molar-refractivity contribution in [3.63, 3.8) is 0 Å². The summed E-state index contributed by atoms with van der Waals surface area (Å²) in [6.07, 6.45) is 4.58. The van der Waals surface area contributed by atoms with Crippen LogP contribution in [0, 0.1) is 11.3 Å². The van der Waals surface area contributed by atoms with Gasteiger partial charge in [0, 0.05) is 37.2 Å². The molecule has 6 heteroatoms. The molecule has 1 aromatic rings. The summed E-state index contributed by atoms with van der Waals surface area (Å²) in [5.74, 6) is 1.76. The maximum atomic E-state index is 9.44. The first-order chi connectivity index (χ1) is 11.2. The smallest absolute Gasteiger partial charge is 0.318 e. The summed E-state index contributed by atoms with van der Waals surface area (Å²) >= 11 is 0. The molecule has 23 heavy (non-hydrogen) atoms. The minimum Gasteiger partial charge on any atom is -0.463 e. The Hall–Kier alpha value is -1.40. The van der Waals surface area contributed by atoms with Crippen molar-refractivity contribution < 1.29 is 9.84 Å². The molecule has 2 N–H and O–H groups in total. The first-order valence-corrected chi connectivity index (χ1v) is 8.78. The van der Waals surface area contributed by atoms with Gasteiger partial charge in [-0.3, -0.25) is 0 Å². The van der Waals surface area contributed by atoms with Gasteiger partial charge in [-0.1, -0.05) is 6.92 Å². The molecule has 6 nitrogen and oxygen atoms in total. The van der Waals surface area contributed by atoms with Crippen LogP contribution in [0.25, 0.3) is 0 Å². The third-order valence-corrected chi connectivity index (χ3v) is 5.40.